The summed E-state index contributed by atoms with van der Waals surface area (Å²) in [5, 5.41) is 15.4. The maximum absolute atomic E-state index is 10.5. The number of methoxy groups -OCH3 is 1. The summed E-state index contributed by atoms with van der Waals surface area (Å²) < 4.78 is 5.34. The molecule has 0 saturated heterocycles. The van der Waals surface area contributed by atoms with Crippen molar-refractivity contribution in [3.8, 4) is 5.75 Å². The van der Waals surface area contributed by atoms with E-state index < -0.39 is 6.10 Å². The first-order valence-electron chi connectivity index (χ1n) is 10.2. The van der Waals surface area contributed by atoms with Crippen LogP contribution in [0.1, 0.15) is 30.4 Å². The minimum absolute atomic E-state index is 0.0621. The third kappa shape index (κ3) is 6.59. The molecule has 2 aromatic rings. The molecule has 6 heteroatoms. The van der Waals surface area contributed by atoms with Crippen LogP contribution >= 0.6 is 11.6 Å². The Labute approximate surface area is 183 Å². The van der Waals surface area contributed by atoms with Crippen molar-refractivity contribution in [2.45, 2.75) is 38.0 Å². The first-order valence-corrected chi connectivity index (χ1v) is 10.6. The highest BCUT2D eigenvalue weighted by Crippen LogP contribution is 2.21. The SMILES string of the molecule is C=CCCC(O)CN(Cc1cccc(OC)c1)CC1CC(c2ccc(Cl)cc2)=NO1. The molecular formula is C24H29ClN2O3. The predicted molar refractivity (Wildman–Crippen MR) is 121 cm³/mol. The van der Waals surface area contributed by atoms with Crippen LogP contribution in [0.15, 0.2) is 66.3 Å². The Hall–Kier alpha value is -2.34. The van der Waals surface area contributed by atoms with Crippen LogP contribution in [-0.2, 0) is 11.4 Å². The van der Waals surface area contributed by atoms with Gasteiger partial charge in [0.05, 0.1) is 18.9 Å². The minimum atomic E-state index is -0.424. The van der Waals surface area contributed by atoms with Gasteiger partial charge in [-0.05, 0) is 48.2 Å². The predicted octanol–water partition coefficient (Wildman–Crippen LogP) is 4.67. The molecule has 0 aromatic heterocycles. The molecule has 3 rings (SSSR count). The molecule has 30 heavy (non-hydrogen) atoms. The number of oxime groups is 1. The molecule has 2 aromatic carbocycles. The molecule has 1 heterocycles. The number of rotatable bonds is 11. The van der Waals surface area contributed by atoms with Crippen LogP contribution in [-0.4, -0.2) is 48.1 Å². The number of nitrogens with zero attached hydrogens (tertiary/aromatic N) is 2. The summed E-state index contributed by atoms with van der Waals surface area (Å²) >= 11 is 5.98. The summed E-state index contributed by atoms with van der Waals surface area (Å²) in [6.07, 6.45) is 3.55. The van der Waals surface area contributed by atoms with E-state index in [1.807, 2.05) is 48.5 Å². The van der Waals surface area contributed by atoms with Gasteiger partial charge in [0.15, 0.2) is 0 Å². The van der Waals surface area contributed by atoms with Crippen molar-refractivity contribution in [1.82, 2.24) is 4.90 Å². The normalized spacial score (nSPS) is 16.8. The molecule has 0 bridgehead atoms. The Balaban J connectivity index is 1.64. The summed E-state index contributed by atoms with van der Waals surface area (Å²) in [6.45, 7) is 5.66. The second-order valence-corrected chi connectivity index (χ2v) is 7.98. The molecule has 0 aliphatic carbocycles. The molecule has 0 spiro atoms. The lowest BCUT2D eigenvalue weighted by Gasteiger charge is -2.27. The van der Waals surface area contributed by atoms with Gasteiger partial charge in [-0.2, -0.15) is 0 Å². The molecule has 1 aliphatic heterocycles. The van der Waals surface area contributed by atoms with E-state index in [0.717, 1.165) is 35.4 Å². The lowest BCUT2D eigenvalue weighted by atomic mass is 10.0. The first-order chi connectivity index (χ1) is 14.6. The van der Waals surface area contributed by atoms with Crippen LogP contribution in [0.4, 0.5) is 0 Å². The van der Waals surface area contributed by atoms with Crippen molar-refractivity contribution >= 4 is 17.3 Å². The zero-order chi connectivity index (χ0) is 21.3. The van der Waals surface area contributed by atoms with Crippen molar-refractivity contribution < 1.29 is 14.7 Å². The second-order valence-electron chi connectivity index (χ2n) is 7.54. The highest BCUT2D eigenvalue weighted by molar-refractivity contribution is 6.30. The third-order valence-corrected chi connectivity index (χ3v) is 5.34. The van der Waals surface area contributed by atoms with E-state index >= 15 is 0 Å². The Morgan fingerprint density at radius 2 is 2.13 bits per heavy atom. The molecule has 2 atom stereocenters. The lowest BCUT2D eigenvalue weighted by molar-refractivity contribution is 0.0308. The van der Waals surface area contributed by atoms with Gasteiger partial charge in [0, 0.05) is 31.1 Å². The van der Waals surface area contributed by atoms with Gasteiger partial charge in [-0.15, -0.1) is 6.58 Å². The molecule has 5 nitrogen and oxygen atoms in total. The number of ether oxygens (including phenoxy) is 1. The Morgan fingerprint density at radius 1 is 1.33 bits per heavy atom. The summed E-state index contributed by atoms with van der Waals surface area (Å²) in [6, 6.07) is 15.6. The van der Waals surface area contributed by atoms with Crippen molar-refractivity contribution in [3.63, 3.8) is 0 Å². The number of hydrogen-bond acceptors (Lipinski definition) is 5. The van der Waals surface area contributed by atoms with E-state index in [-0.39, 0.29) is 6.10 Å². The standard InChI is InChI=1S/C24H29ClN2O3/c1-3-4-7-21(28)16-27(15-18-6-5-8-22(13-18)29-2)17-23-14-24(26-30-23)19-9-11-20(25)12-10-19/h3,5-6,8-13,21,23,28H,1,4,7,14-17H2,2H3. The lowest BCUT2D eigenvalue weighted by Crippen LogP contribution is -2.37. The fraction of sp³-hybridized carbons (Fsp3) is 0.375. The number of hydrogen-bond donors (Lipinski definition) is 1. The largest absolute Gasteiger partial charge is 0.497 e. The average Bonchev–Trinajstić information content (AvgIpc) is 3.21. The molecular weight excluding hydrogens is 400 g/mol. The Morgan fingerprint density at radius 3 is 2.87 bits per heavy atom. The second kappa shape index (κ2) is 11.2. The van der Waals surface area contributed by atoms with Gasteiger partial charge < -0.3 is 14.7 Å². The smallest absolute Gasteiger partial charge is 0.145 e. The topological polar surface area (TPSA) is 54.3 Å². The molecule has 2 unspecified atom stereocenters. The zero-order valence-corrected chi connectivity index (χ0v) is 18.1. The van der Waals surface area contributed by atoms with Gasteiger partial charge in [0.1, 0.15) is 11.9 Å². The molecule has 0 fully saturated rings. The van der Waals surface area contributed by atoms with Crippen molar-refractivity contribution in [2.75, 3.05) is 20.2 Å². The summed E-state index contributed by atoms with van der Waals surface area (Å²) in [5.41, 5.74) is 3.07. The fourth-order valence-electron chi connectivity index (χ4n) is 3.56. The summed E-state index contributed by atoms with van der Waals surface area (Å²) in [7, 11) is 1.66. The summed E-state index contributed by atoms with van der Waals surface area (Å²) in [5.74, 6) is 0.824. The number of aliphatic hydroxyl groups is 1. The number of benzene rings is 2. The zero-order valence-electron chi connectivity index (χ0n) is 17.3. The van der Waals surface area contributed by atoms with E-state index in [1.165, 1.54) is 0 Å². The van der Waals surface area contributed by atoms with E-state index in [2.05, 4.69) is 22.7 Å². The highest BCUT2D eigenvalue weighted by atomic mass is 35.5. The van der Waals surface area contributed by atoms with Crippen molar-refractivity contribution in [1.29, 1.82) is 0 Å². The number of allylic oxidation sites excluding steroid dienone is 1. The Kier molecular flexibility index (Phi) is 8.31. The molecule has 0 amide bonds. The molecule has 160 valence electrons. The quantitative estimate of drug-likeness (QED) is 0.528. The third-order valence-electron chi connectivity index (χ3n) is 5.09. The molecule has 0 saturated carbocycles. The van der Waals surface area contributed by atoms with E-state index in [0.29, 0.717) is 31.1 Å². The van der Waals surface area contributed by atoms with Crippen molar-refractivity contribution in [2.24, 2.45) is 5.16 Å². The minimum Gasteiger partial charge on any atom is -0.497 e. The summed E-state index contributed by atoms with van der Waals surface area (Å²) in [4.78, 5) is 7.93. The van der Waals surface area contributed by atoms with Gasteiger partial charge in [0.25, 0.3) is 0 Å². The van der Waals surface area contributed by atoms with E-state index in [9.17, 15) is 5.11 Å². The van der Waals surface area contributed by atoms with Crippen LogP contribution in [0.2, 0.25) is 5.02 Å². The maximum atomic E-state index is 10.5. The molecule has 0 radical (unpaired) electrons. The maximum Gasteiger partial charge on any atom is 0.145 e. The highest BCUT2D eigenvalue weighted by Gasteiger charge is 2.25. The van der Waals surface area contributed by atoms with Gasteiger partial charge in [-0.1, -0.05) is 47.1 Å². The van der Waals surface area contributed by atoms with Gasteiger partial charge in [0.2, 0.25) is 0 Å². The van der Waals surface area contributed by atoms with Gasteiger partial charge in [-0.3, -0.25) is 4.90 Å². The van der Waals surface area contributed by atoms with Gasteiger partial charge >= 0.3 is 0 Å². The van der Waals surface area contributed by atoms with Crippen LogP contribution in [0, 0.1) is 0 Å². The number of halogens is 1. The fourth-order valence-corrected chi connectivity index (χ4v) is 3.69. The van der Waals surface area contributed by atoms with Crippen LogP contribution in [0.5, 0.6) is 5.75 Å². The van der Waals surface area contributed by atoms with Crippen LogP contribution < -0.4 is 4.74 Å². The van der Waals surface area contributed by atoms with E-state index in [4.69, 9.17) is 21.2 Å². The molecule has 1 N–H and O–H groups in total. The first kappa shape index (κ1) is 22.3. The van der Waals surface area contributed by atoms with Gasteiger partial charge in [-0.25, -0.2) is 0 Å². The average molecular weight is 429 g/mol. The van der Waals surface area contributed by atoms with Crippen LogP contribution in [0.3, 0.4) is 0 Å². The molecule has 1 aliphatic rings. The van der Waals surface area contributed by atoms with E-state index in [1.54, 1.807) is 7.11 Å². The van der Waals surface area contributed by atoms with Crippen molar-refractivity contribution in [3.05, 3.63) is 77.3 Å². The number of aliphatic hydroxyl groups excluding tert-OH is 1. The monoisotopic (exact) mass is 428 g/mol. The van der Waals surface area contributed by atoms with Crippen LogP contribution in [0.25, 0.3) is 0 Å². The Bertz CT molecular complexity index is 854.